The molecule has 19 heteroatoms. The van der Waals surface area contributed by atoms with Crippen LogP contribution >= 0.6 is 15.6 Å². The van der Waals surface area contributed by atoms with E-state index in [2.05, 4.69) is 27.7 Å². The number of phosphoric ester groups is 2. The number of aliphatic hydroxyl groups excluding tert-OH is 1. The van der Waals surface area contributed by atoms with Crippen molar-refractivity contribution in [1.82, 2.24) is 0 Å². The zero-order valence-corrected chi connectivity index (χ0v) is 49.3. The van der Waals surface area contributed by atoms with Gasteiger partial charge in [0.25, 0.3) is 0 Å². The Kier molecular flexibility index (Phi) is 50.2. The molecule has 0 radical (unpaired) electrons. The molecule has 0 rings (SSSR count). The maximum absolute atomic E-state index is 12.9. The minimum Gasteiger partial charge on any atom is -0.462 e. The first-order chi connectivity index (χ1) is 36.2. The summed E-state index contributed by atoms with van der Waals surface area (Å²) in [6.07, 6.45) is 33.8. The third-order valence-corrected chi connectivity index (χ3v) is 14.8. The van der Waals surface area contributed by atoms with E-state index in [9.17, 15) is 43.2 Å². The fourth-order valence-electron chi connectivity index (χ4n) is 8.22. The highest BCUT2D eigenvalue weighted by molar-refractivity contribution is 7.47. The van der Waals surface area contributed by atoms with Crippen LogP contribution in [0.4, 0.5) is 0 Å². The molecule has 75 heavy (non-hydrogen) atoms. The molecule has 0 aliphatic carbocycles. The molecule has 3 N–H and O–H groups in total. The number of hydrogen-bond donors (Lipinski definition) is 3. The molecule has 0 fully saturated rings. The van der Waals surface area contributed by atoms with Crippen molar-refractivity contribution in [3.63, 3.8) is 0 Å². The van der Waals surface area contributed by atoms with Crippen LogP contribution in [0.2, 0.25) is 0 Å². The van der Waals surface area contributed by atoms with Gasteiger partial charge in [-0.1, -0.05) is 227 Å². The van der Waals surface area contributed by atoms with Crippen LogP contribution in [0.5, 0.6) is 0 Å². The smallest absolute Gasteiger partial charge is 0.462 e. The van der Waals surface area contributed by atoms with Crippen molar-refractivity contribution < 1.29 is 80.2 Å². The van der Waals surface area contributed by atoms with E-state index in [1.807, 2.05) is 0 Å². The highest BCUT2D eigenvalue weighted by Crippen LogP contribution is 2.45. The summed E-state index contributed by atoms with van der Waals surface area (Å²) in [6.45, 7) is 4.71. The van der Waals surface area contributed by atoms with Gasteiger partial charge in [-0.25, -0.2) is 9.13 Å². The maximum atomic E-state index is 12.9. The lowest BCUT2D eigenvalue weighted by Crippen LogP contribution is -2.30. The Labute approximate surface area is 454 Å². The molecule has 0 saturated heterocycles. The van der Waals surface area contributed by atoms with Crippen LogP contribution in [0.15, 0.2) is 0 Å². The second-order valence-corrected chi connectivity index (χ2v) is 23.2. The quantitative estimate of drug-likeness (QED) is 0.0222. The van der Waals surface area contributed by atoms with Crippen LogP contribution in [0.3, 0.4) is 0 Å². The van der Waals surface area contributed by atoms with Crippen molar-refractivity contribution in [3.8, 4) is 0 Å². The van der Waals surface area contributed by atoms with Crippen LogP contribution in [-0.2, 0) is 65.4 Å². The molecule has 0 amide bonds. The van der Waals surface area contributed by atoms with Gasteiger partial charge in [0, 0.05) is 25.7 Å². The number of carbonyl (C=O) groups excluding carboxylic acids is 4. The highest BCUT2D eigenvalue weighted by atomic mass is 31.2. The highest BCUT2D eigenvalue weighted by Gasteiger charge is 2.30. The van der Waals surface area contributed by atoms with Crippen molar-refractivity contribution in [2.24, 2.45) is 0 Å². The van der Waals surface area contributed by atoms with Gasteiger partial charge in [-0.2, -0.15) is 0 Å². The second-order valence-electron chi connectivity index (χ2n) is 20.3. The minimum atomic E-state index is -4.93. The molecule has 444 valence electrons. The Hall–Kier alpha value is -1.94. The van der Waals surface area contributed by atoms with Crippen molar-refractivity contribution in [3.05, 3.63) is 0 Å². The molecule has 2 unspecified atom stereocenters. The third-order valence-electron chi connectivity index (χ3n) is 12.9. The molecule has 0 saturated carbocycles. The van der Waals surface area contributed by atoms with Gasteiger partial charge < -0.3 is 33.8 Å². The molecule has 0 bridgehead atoms. The number of esters is 4. The lowest BCUT2D eigenvalue weighted by molar-refractivity contribution is -0.161. The summed E-state index contributed by atoms with van der Waals surface area (Å²) in [4.78, 5) is 71.5. The molecular formula is C56H108O17P2. The van der Waals surface area contributed by atoms with Crippen molar-refractivity contribution in [2.75, 3.05) is 39.6 Å². The van der Waals surface area contributed by atoms with Crippen molar-refractivity contribution in [2.45, 2.75) is 296 Å². The first-order valence-corrected chi connectivity index (χ1v) is 32.8. The van der Waals surface area contributed by atoms with Crippen LogP contribution in [0, 0.1) is 0 Å². The Morgan fingerprint density at radius 3 is 0.787 bits per heavy atom. The first-order valence-electron chi connectivity index (χ1n) is 29.8. The van der Waals surface area contributed by atoms with E-state index in [1.54, 1.807) is 0 Å². The summed E-state index contributed by atoms with van der Waals surface area (Å²) in [6, 6.07) is 0. The largest absolute Gasteiger partial charge is 0.472 e. The number of carbonyl (C=O) groups is 4. The number of unbranched alkanes of at least 4 members (excludes halogenated alkanes) is 31. The average Bonchev–Trinajstić information content (AvgIpc) is 3.38. The molecule has 0 aromatic heterocycles. The van der Waals surface area contributed by atoms with Gasteiger partial charge in [0.2, 0.25) is 0 Å². The van der Waals surface area contributed by atoms with E-state index in [0.717, 1.165) is 103 Å². The Morgan fingerprint density at radius 2 is 0.533 bits per heavy atom. The standard InChI is InChI=1S/C56H108O17P2/c1-5-9-13-17-20-23-24-25-26-28-31-35-39-43-56(61)73-52(47-67-54(59)41-37-33-30-27-21-18-14-10-6-2)49-71-75(64,65)69-45-50(57)44-68-74(62,63)70-48-51(46-66-53(58)40-36-32-16-12-8-4)72-55(60)42-38-34-29-22-19-15-11-7-3/h50-52,57H,5-49H2,1-4H3,(H,62,63)(H,64,65)/t50-,51+,52+/m0/s1. The molecule has 0 aliphatic heterocycles. The van der Waals surface area contributed by atoms with Gasteiger partial charge in [-0.05, 0) is 25.7 Å². The monoisotopic (exact) mass is 1110 g/mol. The molecule has 0 aromatic carbocycles. The minimum absolute atomic E-state index is 0.104. The van der Waals surface area contributed by atoms with Crippen LogP contribution in [0.1, 0.15) is 278 Å². The van der Waals surface area contributed by atoms with E-state index in [4.69, 9.17) is 37.0 Å². The Balaban J connectivity index is 5.16. The van der Waals surface area contributed by atoms with Crippen LogP contribution in [-0.4, -0.2) is 96.7 Å². The fraction of sp³-hybridized carbons (Fsp3) is 0.929. The fourth-order valence-corrected chi connectivity index (χ4v) is 9.80. The Morgan fingerprint density at radius 1 is 0.320 bits per heavy atom. The number of ether oxygens (including phenoxy) is 4. The predicted octanol–water partition coefficient (Wildman–Crippen LogP) is 14.8. The molecule has 0 aromatic rings. The van der Waals surface area contributed by atoms with Gasteiger partial charge in [0.05, 0.1) is 26.4 Å². The molecule has 17 nitrogen and oxygen atoms in total. The van der Waals surface area contributed by atoms with Crippen molar-refractivity contribution in [1.29, 1.82) is 0 Å². The topological polar surface area (TPSA) is 237 Å². The SMILES string of the molecule is CCCCCCCCCCCCCCCC(=O)O[C@H](COC(=O)CCCCCCCCCCC)COP(=O)(O)OC[C@@H](O)COP(=O)(O)OC[C@@H](COC(=O)CCCCCCC)OC(=O)CCCCCCCCCC. The molecular weight excluding hydrogens is 1010 g/mol. The molecule has 0 spiro atoms. The van der Waals surface area contributed by atoms with Gasteiger partial charge in [0.15, 0.2) is 12.2 Å². The van der Waals surface area contributed by atoms with E-state index < -0.39 is 97.5 Å². The van der Waals surface area contributed by atoms with Gasteiger partial charge in [-0.3, -0.25) is 37.3 Å². The maximum Gasteiger partial charge on any atom is 0.472 e. The van der Waals surface area contributed by atoms with E-state index in [0.29, 0.717) is 25.7 Å². The van der Waals surface area contributed by atoms with Crippen LogP contribution in [0.25, 0.3) is 0 Å². The molecule has 0 aliphatic rings. The summed E-state index contributed by atoms with van der Waals surface area (Å²) in [7, 11) is -9.85. The summed E-state index contributed by atoms with van der Waals surface area (Å²) in [5.74, 6) is -2.16. The van der Waals surface area contributed by atoms with Crippen LogP contribution < -0.4 is 0 Å². The van der Waals surface area contributed by atoms with E-state index in [-0.39, 0.29) is 25.7 Å². The summed E-state index contributed by atoms with van der Waals surface area (Å²) in [5, 5.41) is 10.5. The third kappa shape index (κ3) is 51.3. The molecule has 5 atom stereocenters. The lowest BCUT2D eigenvalue weighted by atomic mass is 10.0. The normalized spacial score (nSPS) is 14.4. The van der Waals surface area contributed by atoms with Gasteiger partial charge in [0.1, 0.15) is 19.3 Å². The Bertz CT molecular complexity index is 1470. The lowest BCUT2D eigenvalue weighted by Gasteiger charge is -2.21. The molecule has 0 heterocycles. The summed E-state index contributed by atoms with van der Waals surface area (Å²) >= 11 is 0. The van der Waals surface area contributed by atoms with Crippen molar-refractivity contribution >= 4 is 39.5 Å². The first kappa shape index (κ1) is 73.1. The van der Waals surface area contributed by atoms with Gasteiger partial charge >= 0.3 is 39.5 Å². The summed E-state index contributed by atoms with van der Waals surface area (Å²) < 4.78 is 67.4. The van der Waals surface area contributed by atoms with E-state index >= 15 is 0 Å². The summed E-state index contributed by atoms with van der Waals surface area (Å²) in [5.41, 5.74) is 0. The number of aliphatic hydroxyl groups is 1. The average molecular weight is 1120 g/mol. The zero-order valence-electron chi connectivity index (χ0n) is 47.5. The van der Waals surface area contributed by atoms with Gasteiger partial charge in [-0.15, -0.1) is 0 Å². The zero-order chi connectivity index (χ0) is 55.5. The van der Waals surface area contributed by atoms with E-state index in [1.165, 1.54) is 96.3 Å². The number of hydrogen-bond acceptors (Lipinski definition) is 15. The number of rotatable bonds is 57. The second kappa shape index (κ2) is 51.5. The predicted molar refractivity (Wildman–Crippen MR) is 294 cm³/mol. The number of phosphoric acid groups is 2.